The first kappa shape index (κ1) is 12.9. The summed E-state index contributed by atoms with van der Waals surface area (Å²) in [4.78, 5) is 0.299. The molecule has 1 aromatic carbocycles. The quantitative estimate of drug-likeness (QED) is 0.842. The van der Waals surface area contributed by atoms with Crippen LogP contribution in [0.15, 0.2) is 34.7 Å². The van der Waals surface area contributed by atoms with Gasteiger partial charge in [0.25, 0.3) is 0 Å². The maximum atomic E-state index is 6.08. The van der Waals surface area contributed by atoms with Crippen LogP contribution in [0.5, 0.6) is 0 Å². The van der Waals surface area contributed by atoms with Crippen LogP contribution in [0.3, 0.4) is 0 Å². The summed E-state index contributed by atoms with van der Waals surface area (Å²) in [7, 11) is 0. The maximum absolute atomic E-state index is 6.08. The molecule has 0 bridgehead atoms. The molecule has 2 aromatic rings. The van der Waals surface area contributed by atoms with Crippen molar-refractivity contribution in [2.75, 3.05) is 5.32 Å². The van der Waals surface area contributed by atoms with Gasteiger partial charge in [-0.1, -0.05) is 23.8 Å². The highest BCUT2D eigenvalue weighted by Gasteiger charge is 2.05. The highest BCUT2D eigenvalue weighted by Crippen LogP contribution is 2.21. The largest absolute Gasteiger partial charge is 0.465 e. The monoisotopic (exact) mass is 280 g/mol. The second-order valence-electron chi connectivity index (χ2n) is 3.92. The number of aryl methyl sites for hydroxylation is 1. The second kappa shape index (κ2) is 5.42. The molecule has 5 heteroatoms. The predicted molar refractivity (Wildman–Crippen MR) is 78.1 cm³/mol. The van der Waals surface area contributed by atoms with E-state index in [0.29, 0.717) is 22.1 Å². The number of anilines is 1. The van der Waals surface area contributed by atoms with E-state index in [1.165, 1.54) is 0 Å². The van der Waals surface area contributed by atoms with Crippen molar-refractivity contribution in [2.24, 2.45) is 5.73 Å². The lowest BCUT2D eigenvalue weighted by Crippen LogP contribution is -2.10. The molecule has 0 saturated carbocycles. The molecule has 94 valence electrons. The molecule has 0 unspecified atom stereocenters. The zero-order valence-corrected chi connectivity index (χ0v) is 11.4. The highest BCUT2D eigenvalue weighted by atomic mass is 35.5. The van der Waals surface area contributed by atoms with Gasteiger partial charge in [0, 0.05) is 11.3 Å². The molecule has 1 aromatic heterocycles. The van der Waals surface area contributed by atoms with Gasteiger partial charge in [0.2, 0.25) is 0 Å². The van der Waals surface area contributed by atoms with Crippen molar-refractivity contribution in [3.05, 3.63) is 52.4 Å². The summed E-state index contributed by atoms with van der Waals surface area (Å²) in [5, 5.41) is 3.76. The number of thiocarbonyl (C=S) groups is 1. The van der Waals surface area contributed by atoms with Gasteiger partial charge in [0.15, 0.2) is 0 Å². The minimum Gasteiger partial charge on any atom is -0.465 e. The van der Waals surface area contributed by atoms with Crippen molar-refractivity contribution < 1.29 is 4.42 Å². The molecule has 0 aliphatic heterocycles. The van der Waals surface area contributed by atoms with Crippen LogP contribution in [0.4, 0.5) is 5.69 Å². The Bertz CT molecular complexity index is 580. The minimum absolute atomic E-state index is 0.299. The Balaban J connectivity index is 2.06. The van der Waals surface area contributed by atoms with E-state index in [4.69, 9.17) is 34.0 Å². The van der Waals surface area contributed by atoms with Crippen molar-refractivity contribution in [3.63, 3.8) is 0 Å². The SMILES string of the molecule is Cc1ccc(CNc2ccc(C(N)=S)c(Cl)c2)o1. The fraction of sp³-hybridized carbons (Fsp3) is 0.154. The Kier molecular flexibility index (Phi) is 3.89. The van der Waals surface area contributed by atoms with E-state index in [9.17, 15) is 0 Å². The lowest BCUT2D eigenvalue weighted by Gasteiger charge is -2.07. The van der Waals surface area contributed by atoms with Gasteiger partial charge in [0.05, 0.1) is 11.6 Å². The third-order valence-corrected chi connectivity index (χ3v) is 3.03. The molecule has 0 radical (unpaired) electrons. The van der Waals surface area contributed by atoms with Crippen LogP contribution in [0, 0.1) is 6.92 Å². The van der Waals surface area contributed by atoms with E-state index in [2.05, 4.69) is 5.32 Å². The molecule has 0 aliphatic carbocycles. The number of rotatable bonds is 4. The van der Waals surface area contributed by atoms with Gasteiger partial charge in [-0.3, -0.25) is 0 Å². The van der Waals surface area contributed by atoms with Crippen molar-refractivity contribution >= 4 is 34.5 Å². The second-order valence-corrected chi connectivity index (χ2v) is 4.77. The number of benzene rings is 1. The fourth-order valence-corrected chi connectivity index (χ4v) is 2.11. The van der Waals surface area contributed by atoms with Crippen LogP contribution in [0.1, 0.15) is 17.1 Å². The van der Waals surface area contributed by atoms with Crippen LogP contribution in [-0.4, -0.2) is 4.99 Å². The molecule has 0 saturated heterocycles. The third kappa shape index (κ3) is 3.03. The number of nitrogens with two attached hydrogens (primary N) is 1. The third-order valence-electron chi connectivity index (χ3n) is 2.50. The van der Waals surface area contributed by atoms with E-state index in [-0.39, 0.29) is 0 Å². The average molecular weight is 281 g/mol. The molecule has 18 heavy (non-hydrogen) atoms. The van der Waals surface area contributed by atoms with Gasteiger partial charge in [0.1, 0.15) is 16.5 Å². The van der Waals surface area contributed by atoms with Crippen LogP contribution < -0.4 is 11.1 Å². The summed E-state index contributed by atoms with van der Waals surface area (Å²) >= 11 is 11.0. The number of nitrogens with one attached hydrogen (secondary N) is 1. The number of halogens is 1. The van der Waals surface area contributed by atoms with Gasteiger partial charge in [-0.05, 0) is 37.3 Å². The lowest BCUT2D eigenvalue weighted by atomic mass is 10.2. The molecular weight excluding hydrogens is 268 g/mol. The average Bonchev–Trinajstić information content (AvgIpc) is 2.72. The zero-order valence-electron chi connectivity index (χ0n) is 9.87. The standard InChI is InChI=1S/C13H13ClN2OS/c1-8-2-4-10(17-8)7-16-9-3-5-11(13(15)18)12(14)6-9/h2-6,16H,7H2,1H3,(H2,15,18). The van der Waals surface area contributed by atoms with Crippen molar-refractivity contribution in [3.8, 4) is 0 Å². The first-order valence-corrected chi connectivity index (χ1v) is 6.23. The summed E-state index contributed by atoms with van der Waals surface area (Å²) in [5.74, 6) is 1.77. The van der Waals surface area contributed by atoms with Gasteiger partial charge in [-0.2, -0.15) is 0 Å². The van der Waals surface area contributed by atoms with Crippen molar-refractivity contribution in [1.29, 1.82) is 0 Å². The van der Waals surface area contributed by atoms with Gasteiger partial charge in [-0.15, -0.1) is 0 Å². The number of furan rings is 1. The Hall–Kier alpha value is -1.52. The number of hydrogen-bond donors (Lipinski definition) is 2. The van der Waals surface area contributed by atoms with Crippen molar-refractivity contribution in [1.82, 2.24) is 0 Å². The molecule has 0 fully saturated rings. The first-order valence-electron chi connectivity index (χ1n) is 5.45. The number of hydrogen-bond acceptors (Lipinski definition) is 3. The lowest BCUT2D eigenvalue weighted by molar-refractivity contribution is 0.490. The molecule has 3 nitrogen and oxygen atoms in total. The van der Waals surface area contributed by atoms with Crippen LogP contribution in [-0.2, 0) is 6.54 Å². The summed E-state index contributed by atoms with van der Waals surface area (Å²) < 4.78 is 5.46. The molecule has 2 rings (SSSR count). The van der Waals surface area contributed by atoms with Crippen LogP contribution in [0.25, 0.3) is 0 Å². The van der Waals surface area contributed by atoms with E-state index in [1.807, 2.05) is 25.1 Å². The summed E-state index contributed by atoms with van der Waals surface area (Å²) in [6, 6.07) is 9.36. The Labute approximate surface area is 116 Å². The Morgan fingerprint density at radius 1 is 1.39 bits per heavy atom. The van der Waals surface area contributed by atoms with E-state index in [0.717, 1.165) is 17.2 Å². The topological polar surface area (TPSA) is 51.2 Å². The molecule has 0 aliphatic rings. The fourth-order valence-electron chi connectivity index (χ4n) is 1.59. The normalized spacial score (nSPS) is 10.3. The van der Waals surface area contributed by atoms with E-state index >= 15 is 0 Å². The summed E-state index contributed by atoms with van der Waals surface area (Å²) in [5.41, 5.74) is 7.13. The smallest absolute Gasteiger partial charge is 0.123 e. The summed E-state index contributed by atoms with van der Waals surface area (Å²) in [6.45, 7) is 2.52. The van der Waals surface area contributed by atoms with Crippen LogP contribution >= 0.6 is 23.8 Å². The Morgan fingerprint density at radius 2 is 2.17 bits per heavy atom. The molecule has 3 N–H and O–H groups in total. The molecule has 0 spiro atoms. The van der Waals surface area contributed by atoms with Crippen LogP contribution in [0.2, 0.25) is 5.02 Å². The molecule has 0 atom stereocenters. The van der Waals surface area contributed by atoms with Crippen molar-refractivity contribution in [2.45, 2.75) is 13.5 Å². The van der Waals surface area contributed by atoms with E-state index in [1.54, 1.807) is 12.1 Å². The predicted octanol–water partition coefficient (Wildman–Crippen LogP) is 3.49. The Morgan fingerprint density at radius 3 is 2.72 bits per heavy atom. The summed E-state index contributed by atoms with van der Waals surface area (Å²) in [6.07, 6.45) is 0. The van der Waals surface area contributed by atoms with E-state index < -0.39 is 0 Å². The minimum atomic E-state index is 0.299. The maximum Gasteiger partial charge on any atom is 0.123 e. The highest BCUT2D eigenvalue weighted by molar-refractivity contribution is 7.80. The zero-order chi connectivity index (χ0) is 13.1. The molecule has 1 heterocycles. The first-order chi connectivity index (χ1) is 8.56. The van der Waals surface area contributed by atoms with Gasteiger partial charge in [-0.25, -0.2) is 0 Å². The van der Waals surface area contributed by atoms with Gasteiger partial charge >= 0.3 is 0 Å². The van der Waals surface area contributed by atoms with Gasteiger partial charge < -0.3 is 15.5 Å². The molecule has 0 amide bonds. The molecular formula is C13H13ClN2OS.